The van der Waals surface area contributed by atoms with Gasteiger partial charge in [-0.1, -0.05) is 45.9 Å². The fourth-order valence-corrected chi connectivity index (χ4v) is 1.55. The smallest absolute Gasteiger partial charge is 0.172 e. The molecule has 17 heavy (non-hydrogen) atoms. The number of Topliss-reactive ketones (excluding diaryl/α,β-unsaturated/α-hetero) is 1. The monoisotopic (exact) mass is 234 g/mol. The highest BCUT2D eigenvalue weighted by atomic mass is 16.5. The molecular weight excluding hydrogens is 212 g/mol. The fourth-order valence-electron chi connectivity index (χ4n) is 1.55. The topological polar surface area (TPSA) is 26.3 Å². The minimum absolute atomic E-state index is 0.0331. The van der Waals surface area contributed by atoms with Crippen molar-refractivity contribution in [2.24, 2.45) is 5.92 Å². The minimum atomic E-state index is 0.0331. The average Bonchev–Trinajstić information content (AvgIpc) is 2.35. The Balaban J connectivity index is 2.74. The summed E-state index contributed by atoms with van der Waals surface area (Å²) in [4.78, 5) is 11.5. The third kappa shape index (κ3) is 3.88. The molecule has 1 rings (SSSR count). The summed E-state index contributed by atoms with van der Waals surface area (Å²) in [5.74, 6) is 1.48. The van der Waals surface area contributed by atoms with Crippen LogP contribution < -0.4 is 4.74 Å². The SMILES string of the molecule is CCC(C)c1ccccc1OCC(=O)C(C)C. The zero-order valence-electron chi connectivity index (χ0n) is 11.2. The summed E-state index contributed by atoms with van der Waals surface area (Å²) in [5, 5.41) is 0. The highest BCUT2D eigenvalue weighted by molar-refractivity contribution is 5.81. The minimum Gasteiger partial charge on any atom is -0.486 e. The number of rotatable bonds is 6. The number of ether oxygens (including phenoxy) is 1. The normalized spacial score (nSPS) is 12.5. The second-order valence-electron chi connectivity index (χ2n) is 4.76. The maximum atomic E-state index is 11.5. The van der Waals surface area contributed by atoms with Crippen molar-refractivity contribution in [1.82, 2.24) is 0 Å². The number of hydrogen-bond acceptors (Lipinski definition) is 2. The highest BCUT2D eigenvalue weighted by Gasteiger charge is 2.12. The van der Waals surface area contributed by atoms with Gasteiger partial charge in [0, 0.05) is 5.92 Å². The van der Waals surface area contributed by atoms with Crippen molar-refractivity contribution in [3.05, 3.63) is 29.8 Å². The molecule has 0 radical (unpaired) electrons. The van der Waals surface area contributed by atoms with E-state index in [0.717, 1.165) is 12.2 Å². The lowest BCUT2D eigenvalue weighted by Gasteiger charge is -2.15. The van der Waals surface area contributed by atoms with Gasteiger partial charge in [-0.2, -0.15) is 0 Å². The lowest BCUT2D eigenvalue weighted by atomic mass is 9.98. The number of carbonyl (C=O) groups is 1. The average molecular weight is 234 g/mol. The van der Waals surface area contributed by atoms with E-state index in [1.165, 1.54) is 5.56 Å². The van der Waals surface area contributed by atoms with Crippen LogP contribution in [0, 0.1) is 5.92 Å². The molecule has 0 aliphatic rings. The molecule has 0 N–H and O–H groups in total. The van der Waals surface area contributed by atoms with Crippen LogP contribution >= 0.6 is 0 Å². The van der Waals surface area contributed by atoms with Gasteiger partial charge >= 0.3 is 0 Å². The van der Waals surface area contributed by atoms with Crippen molar-refractivity contribution >= 4 is 5.78 Å². The van der Waals surface area contributed by atoms with Gasteiger partial charge < -0.3 is 4.74 Å². The van der Waals surface area contributed by atoms with Gasteiger partial charge in [0.25, 0.3) is 0 Å². The van der Waals surface area contributed by atoms with Gasteiger partial charge in [-0.15, -0.1) is 0 Å². The van der Waals surface area contributed by atoms with E-state index in [1.54, 1.807) is 0 Å². The Morgan fingerprint density at radius 1 is 1.24 bits per heavy atom. The summed E-state index contributed by atoms with van der Waals surface area (Å²) < 4.78 is 5.63. The van der Waals surface area contributed by atoms with Crippen LogP contribution in [-0.4, -0.2) is 12.4 Å². The summed E-state index contributed by atoms with van der Waals surface area (Å²) >= 11 is 0. The van der Waals surface area contributed by atoms with Crippen molar-refractivity contribution in [1.29, 1.82) is 0 Å². The number of benzene rings is 1. The van der Waals surface area contributed by atoms with Gasteiger partial charge in [-0.05, 0) is 24.0 Å². The molecule has 1 aromatic rings. The lowest BCUT2D eigenvalue weighted by molar-refractivity contribution is -0.123. The van der Waals surface area contributed by atoms with Crippen LogP contribution in [0.3, 0.4) is 0 Å². The number of hydrogen-bond donors (Lipinski definition) is 0. The van der Waals surface area contributed by atoms with Crippen LogP contribution in [0.5, 0.6) is 5.75 Å². The van der Waals surface area contributed by atoms with Crippen molar-refractivity contribution in [3.8, 4) is 5.75 Å². The maximum absolute atomic E-state index is 11.5. The predicted octanol–water partition coefficient (Wildman–Crippen LogP) is 3.80. The molecule has 0 aliphatic heterocycles. The molecule has 0 bridgehead atoms. The Morgan fingerprint density at radius 3 is 2.47 bits per heavy atom. The molecule has 2 heteroatoms. The van der Waals surface area contributed by atoms with Crippen LogP contribution in [0.1, 0.15) is 45.6 Å². The van der Waals surface area contributed by atoms with E-state index >= 15 is 0 Å². The quantitative estimate of drug-likeness (QED) is 0.748. The molecule has 2 nitrogen and oxygen atoms in total. The third-order valence-corrected chi connectivity index (χ3v) is 3.08. The standard InChI is InChI=1S/C15H22O2/c1-5-12(4)13-8-6-7-9-15(13)17-10-14(16)11(2)3/h6-9,11-12H,5,10H2,1-4H3. The van der Waals surface area contributed by atoms with Gasteiger partial charge in [0.05, 0.1) is 0 Å². The first-order chi connectivity index (χ1) is 8.06. The fraction of sp³-hybridized carbons (Fsp3) is 0.533. The number of para-hydroxylation sites is 1. The molecule has 1 atom stereocenters. The van der Waals surface area contributed by atoms with E-state index in [9.17, 15) is 4.79 Å². The van der Waals surface area contributed by atoms with Crippen LogP contribution in [0.4, 0.5) is 0 Å². The van der Waals surface area contributed by atoms with Gasteiger partial charge in [0.1, 0.15) is 12.4 Å². The first-order valence-electron chi connectivity index (χ1n) is 6.30. The van der Waals surface area contributed by atoms with Crippen LogP contribution in [0.25, 0.3) is 0 Å². The van der Waals surface area contributed by atoms with Crippen molar-refractivity contribution < 1.29 is 9.53 Å². The second kappa shape index (κ2) is 6.43. The van der Waals surface area contributed by atoms with E-state index in [4.69, 9.17) is 4.74 Å². The largest absolute Gasteiger partial charge is 0.486 e. The van der Waals surface area contributed by atoms with Gasteiger partial charge in [-0.25, -0.2) is 0 Å². The zero-order valence-corrected chi connectivity index (χ0v) is 11.2. The molecule has 0 saturated heterocycles. The maximum Gasteiger partial charge on any atom is 0.172 e. The lowest BCUT2D eigenvalue weighted by Crippen LogP contribution is -2.17. The summed E-state index contributed by atoms with van der Waals surface area (Å²) in [6.45, 7) is 8.29. The third-order valence-electron chi connectivity index (χ3n) is 3.08. The predicted molar refractivity (Wildman–Crippen MR) is 70.5 cm³/mol. The highest BCUT2D eigenvalue weighted by Crippen LogP contribution is 2.28. The molecule has 0 aliphatic carbocycles. The van der Waals surface area contributed by atoms with Crippen molar-refractivity contribution in [2.45, 2.75) is 40.0 Å². The first kappa shape index (κ1) is 13.8. The van der Waals surface area contributed by atoms with E-state index < -0.39 is 0 Å². The Bertz CT molecular complexity index is 369. The van der Waals surface area contributed by atoms with E-state index in [2.05, 4.69) is 19.9 Å². The molecule has 1 aromatic carbocycles. The summed E-state index contributed by atoms with van der Waals surface area (Å²) in [6, 6.07) is 7.97. The van der Waals surface area contributed by atoms with Crippen LogP contribution in [0.15, 0.2) is 24.3 Å². The molecule has 0 heterocycles. The molecule has 0 fully saturated rings. The molecule has 0 saturated carbocycles. The first-order valence-corrected chi connectivity index (χ1v) is 6.30. The van der Waals surface area contributed by atoms with E-state index in [-0.39, 0.29) is 18.3 Å². The Morgan fingerprint density at radius 2 is 1.88 bits per heavy atom. The van der Waals surface area contributed by atoms with E-state index in [1.807, 2.05) is 32.0 Å². The zero-order chi connectivity index (χ0) is 12.8. The summed E-state index contributed by atoms with van der Waals surface area (Å²) in [5.41, 5.74) is 1.19. The number of ketones is 1. The molecule has 1 unspecified atom stereocenters. The molecule has 0 amide bonds. The van der Waals surface area contributed by atoms with Gasteiger partial charge in [0.2, 0.25) is 0 Å². The van der Waals surface area contributed by atoms with Gasteiger partial charge in [-0.3, -0.25) is 4.79 Å². The van der Waals surface area contributed by atoms with E-state index in [0.29, 0.717) is 5.92 Å². The summed E-state index contributed by atoms with van der Waals surface area (Å²) in [7, 11) is 0. The Labute approximate surface area is 104 Å². The molecular formula is C15H22O2. The molecule has 0 aromatic heterocycles. The summed E-state index contributed by atoms with van der Waals surface area (Å²) in [6.07, 6.45) is 1.07. The Kier molecular flexibility index (Phi) is 5.20. The number of carbonyl (C=O) groups excluding carboxylic acids is 1. The van der Waals surface area contributed by atoms with Crippen molar-refractivity contribution in [2.75, 3.05) is 6.61 Å². The van der Waals surface area contributed by atoms with Crippen LogP contribution in [0.2, 0.25) is 0 Å². The molecule has 94 valence electrons. The Hall–Kier alpha value is -1.31. The molecule has 0 spiro atoms. The van der Waals surface area contributed by atoms with Crippen LogP contribution in [-0.2, 0) is 4.79 Å². The van der Waals surface area contributed by atoms with Gasteiger partial charge in [0.15, 0.2) is 5.78 Å². The van der Waals surface area contributed by atoms with Crippen molar-refractivity contribution in [3.63, 3.8) is 0 Å². The second-order valence-corrected chi connectivity index (χ2v) is 4.76.